The summed E-state index contributed by atoms with van der Waals surface area (Å²) >= 11 is 0. The van der Waals surface area contributed by atoms with Gasteiger partial charge < -0.3 is 10.2 Å². The number of rotatable bonds is 8. The molecule has 0 aromatic heterocycles. The first-order chi connectivity index (χ1) is 12.0. The van der Waals surface area contributed by atoms with Crippen molar-refractivity contribution in [1.82, 2.24) is 10.2 Å². The van der Waals surface area contributed by atoms with Crippen LogP contribution >= 0.6 is 0 Å². The van der Waals surface area contributed by atoms with Gasteiger partial charge in [-0.1, -0.05) is 60.2 Å². The zero-order valence-electron chi connectivity index (χ0n) is 15.0. The maximum atomic E-state index is 12.1. The van der Waals surface area contributed by atoms with Crippen LogP contribution in [0.25, 0.3) is 0 Å². The maximum absolute atomic E-state index is 12.1. The van der Waals surface area contributed by atoms with E-state index in [1.807, 2.05) is 49.4 Å². The number of nitrogens with one attached hydrogen (secondary N) is 1. The molecule has 132 valence electrons. The van der Waals surface area contributed by atoms with Crippen molar-refractivity contribution in [3.8, 4) is 0 Å². The van der Waals surface area contributed by atoms with E-state index >= 15 is 0 Å². The molecule has 2 amide bonds. The van der Waals surface area contributed by atoms with Gasteiger partial charge in [-0.15, -0.1) is 0 Å². The van der Waals surface area contributed by atoms with Crippen LogP contribution in [0.2, 0.25) is 0 Å². The van der Waals surface area contributed by atoms with Crippen LogP contribution < -0.4 is 5.32 Å². The van der Waals surface area contributed by atoms with Crippen LogP contribution in [0.15, 0.2) is 54.6 Å². The smallest absolute Gasteiger partial charge is 0.239 e. The van der Waals surface area contributed by atoms with Crippen molar-refractivity contribution in [2.75, 3.05) is 13.1 Å². The molecule has 0 fully saturated rings. The molecule has 4 nitrogen and oxygen atoms in total. The minimum absolute atomic E-state index is 0.0708. The highest BCUT2D eigenvalue weighted by Crippen LogP contribution is 2.05. The largest absolute Gasteiger partial charge is 0.350 e. The zero-order valence-corrected chi connectivity index (χ0v) is 15.0. The lowest BCUT2D eigenvalue weighted by Crippen LogP contribution is -2.40. The molecular weight excluding hydrogens is 312 g/mol. The van der Waals surface area contributed by atoms with Crippen molar-refractivity contribution in [2.24, 2.45) is 0 Å². The monoisotopic (exact) mass is 338 g/mol. The van der Waals surface area contributed by atoms with E-state index < -0.39 is 0 Å². The van der Waals surface area contributed by atoms with Gasteiger partial charge in [0.15, 0.2) is 0 Å². The molecule has 0 aliphatic heterocycles. The van der Waals surface area contributed by atoms with Crippen molar-refractivity contribution in [2.45, 2.75) is 33.2 Å². The van der Waals surface area contributed by atoms with E-state index in [2.05, 4.69) is 17.4 Å². The van der Waals surface area contributed by atoms with Gasteiger partial charge in [-0.25, -0.2) is 0 Å². The first kappa shape index (κ1) is 18.7. The van der Waals surface area contributed by atoms with E-state index in [-0.39, 0.29) is 18.4 Å². The zero-order chi connectivity index (χ0) is 18.1. The van der Waals surface area contributed by atoms with E-state index in [1.54, 1.807) is 4.90 Å². The average molecular weight is 338 g/mol. The van der Waals surface area contributed by atoms with E-state index in [9.17, 15) is 9.59 Å². The molecule has 25 heavy (non-hydrogen) atoms. The molecule has 0 heterocycles. The van der Waals surface area contributed by atoms with Crippen LogP contribution in [0, 0.1) is 6.92 Å². The minimum atomic E-state index is -0.129. The molecule has 0 atom stereocenters. The predicted octanol–water partition coefficient (Wildman–Crippen LogP) is 3.09. The summed E-state index contributed by atoms with van der Waals surface area (Å²) in [5.41, 5.74) is 3.49. The van der Waals surface area contributed by atoms with E-state index in [4.69, 9.17) is 0 Å². The topological polar surface area (TPSA) is 49.4 Å². The lowest BCUT2D eigenvalue weighted by Gasteiger charge is -2.20. The standard InChI is InChI=1S/C21H26N2O2/c1-17-10-12-20(13-11-17)15-22-21(25)16-23(18(2)24)14-6-9-19-7-4-3-5-8-19/h3-5,7-8,10-13H,6,9,14-16H2,1-2H3,(H,22,25). The summed E-state index contributed by atoms with van der Waals surface area (Å²) in [6.45, 7) is 4.71. The van der Waals surface area contributed by atoms with Crippen LogP contribution in [0.4, 0.5) is 0 Å². The lowest BCUT2D eigenvalue weighted by atomic mass is 10.1. The lowest BCUT2D eigenvalue weighted by molar-refractivity contribution is -0.134. The summed E-state index contributed by atoms with van der Waals surface area (Å²) in [6, 6.07) is 18.2. The summed E-state index contributed by atoms with van der Waals surface area (Å²) in [4.78, 5) is 25.5. The van der Waals surface area contributed by atoms with E-state index in [0.29, 0.717) is 13.1 Å². The summed E-state index contributed by atoms with van der Waals surface area (Å²) in [7, 11) is 0. The van der Waals surface area contributed by atoms with Crippen LogP contribution in [-0.4, -0.2) is 29.8 Å². The molecule has 2 aromatic rings. The van der Waals surface area contributed by atoms with Gasteiger partial charge in [0, 0.05) is 20.0 Å². The molecule has 0 saturated carbocycles. The molecule has 2 aromatic carbocycles. The number of nitrogens with zero attached hydrogens (tertiary/aromatic N) is 1. The number of benzene rings is 2. The average Bonchev–Trinajstić information content (AvgIpc) is 2.61. The van der Waals surface area contributed by atoms with Crippen LogP contribution in [0.3, 0.4) is 0 Å². The number of amides is 2. The Balaban J connectivity index is 1.76. The molecule has 1 N–H and O–H groups in total. The summed E-state index contributed by atoms with van der Waals surface area (Å²) < 4.78 is 0. The molecule has 0 radical (unpaired) electrons. The fourth-order valence-corrected chi connectivity index (χ4v) is 2.60. The van der Waals surface area contributed by atoms with Crippen LogP contribution in [-0.2, 0) is 22.6 Å². The Bertz CT molecular complexity index is 681. The highest BCUT2D eigenvalue weighted by atomic mass is 16.2. The Morgan fingerprint density at radius 2 is 1.64 bits per heavy atom. The molecule has 0 aliphatic carbocycles. The molecular formula is C21H26N2O2. The molecule has 4 heteroatoms. The van der Waals surface area contributed by atoms with Crippen molar-refractivity contribution >= 4 is 11.8 Å². The van der Waals surface area contributed by atoms with Gasteiger partial charge in [-0.3, -0.25) is 9.59 Å². The second kappa shape index (κ2) is 9.62. The van der Waals surface area contributed by atoms with Gasteiger partial charge in [0.2, 0.25) is 11.8 Å². The SMILES string of the molecule is CC(=O)N(CCCc1ccccc1)CC(=O)NCc1ccc(C)cc1. The van der Waals surface area contributed by atoms with Crippen molar-refractivity contribution in [1.29, 1.82) is 0 Å². The third-order valence-electron chi connectivity index (χ3n) is 4.13. The summed E-state index contributed by atoms with van der Waals surface area (Å²) in [5, 5.41) is 2.88. The Kier molecular flexibility index (Phi) is 7.20. The Hall–Kier alpha value is -2.62. The van der Waals surface area contributed by atoms with Gasteiger partial charge in [0.1, 0.15) is 0 Å². The highest BCUT2D eigenvalue weighted by Gasteiger charge is 2.13. The third-order valence-corrected chi connectivity index (χ3v) is 4.13. The Morgan fingerprint density at radius 3 is 2.28 bits per heavy atom. The molecule has 0 bridgehead atoms. The van der Waals surface area contributed by atoms with E-state index in [0.717, 1.165) is 18.4 Å². The van der Waals surface area contributed by atoms with Crippen LogP contribution in [0.5, 0.6) is 0 Å². The molecule has 0 unspecified atom stereocenters. The Labute approximate surface area is 149 Å². The Morgan fingerprint density at radius 1 is 0.960 bits per heavy atom. The number of hydrogen-bond acceptors (Lipinski definition) is 2. The van der Waals surface area contributed by atoms with Crippen molar-refractivity contribution < 1.29 is 9.59 Å². The second-order valence-electron chi connectivity index (χ2n) is 6.29. The fraction of sp³-hybridized carbons (Fsp3) is 0.333. The molecule has 2 rings (SSSR count). The van der Waals surface area contributed by atoms with Crippen molar-refractivity contribution in [3.63, 3.8) is 0 Å². The quantitative estimate of drug-likeness (QED) is 0.804. The highest BCUT2D eigenvalue weighted by molar-refractivity contribution is 5.83. The second-order valence-corrected chi connectivity index (χ2v) is 6.29. The number of carbonyl (C=O) groups excluding carboxylic acids is 2. The minimum Gasteiger partial charge on any atom is -0.350 e. The molecule has 0 saturated heterocycles. The third kappa shape index (κ3) is 6.79. The number of aryl methyl sites for hydroxylation is 2. The first-order valence-electron chi connectivity index (χ1n) is 8.66. The van der Waals surface area contributed by atoms with Crippen LogP contribution in [0.1, 0.15) is 30.0 Å². The van der Waals surface area contributed by atoms with Gasteiger partial charge in [0.25, 0.3) is 0 Å². The normalized spacial score (nSPS) is 10.3. The summed E-state index contributed by atoms with van der Waals surface area (Å²) in [6.07, 6.45) is 1.74. The first-order valence-corrected chi connectivity index (χ1v) is 8.66. The molecule has 0 aliphatic rings. The number of carbonyl (C=O) groups is 2. The number of hydrogen-bond donors (Lipinski definition) is 1. The van der Waals surface area contributed by atoms with Gasteiger partial charge in [-0.2, -0.15) is 0 Å². The van der Waals surface area contributed by atoms with E-state index in [1.165, 1.54) is 18.1 Å². The molecule has 0 spiro atoms. The van der Waals surface area contributed by atoms with Crippen molar-refractivity contribution in [3.05, 3.63) is 71.3 Å². The maximum Gasteiger partial charge on any atom is 0.239 e. The predicted molar refractivity (Wildman–Crippen MR) is 100 cm³/mol. The fourth-order valence-electron chi connectivity index (χ4n) is 2.60. The van der Waals surface area contributed by atoms with Gasteiger partial charge in [-0.05, 0) is 30.9 Å². The summed E-state index contributed by atoms with van der Waals surface area (Å²) in [5.74, 6) is -0.200. The van der Waals surface area contributed by atoms with Gasteiger partial charge >= 0.3 is 0 Å². The van der Waals surface area contributed by atoms with Gasteiger partial charge in [0.05, 0.1) is 6.54 Å².